The molecule has 8 heteroatoms. The molecule has 2 aromatic rings. The van der Waals surface area contributed by atoms with E-state index in [9.17, 15) is 13.2 Å². The lowest BCUT2D eigenvalue weighted by Crippen LogP contribution is -2.48. The normalized spacial score (nSPS) is 20.8. The zero-order valence-electron chi connectivity index (χ0n) is 14.9. The van der Waals surface area contributed by atoms with Gasteiger partial charge in [0.2, 0.25) is 5.91 Å². The van der Waals surface area contributed by atoms with E-state index in [-0.39, 0.29) is 17.3 Å². The smallest absolute Gasteiger partial charge is 0.266 e. The predicted octanol–water partition coefficient (Wildman–Crippen LogP) is 2.84. The molecule has 0 N–H and O–H groups in total. The summed E-state index contributed by atoms with van der Waals surface area (Å²) in [5, 5.41) is 2.01. The van der Waals surface area contributed by atoms with Crippen molar-refractivity contribution in [2.45, 2.75) is 25.2 Å². The molecule has 0 saturated carbocycles. The van der Waals surface area contributed by atoms with Crippen molar-refractivity contribution in [1.82, 2.24) is 9.88 Å². The molecule has 1 fully saturated rings. The Bertz CT molecular complexity index is 828. The summed E-state index contributed by atoms with van der Waals surface area (Å²) in [6.07, 6.45) is 2.63. The highest BCUT2D eigenvalue weighted by atomic mass is 32.2. The highest BCUT2D eigenvalue weighted by Crippen LogP contribution is 2.27. The molecule has 6 nitrogen and oxygen atoms in total. The van der Waals surface area contributed by atoms with E-state index in [0.29, 0.717) is 30.1 Å². The average Bonchev–Trinajstić information content (AvgIpc) is 3.13. The van der Waals surface area contributed by atoms with Gasteiger partial charge in [-0.3, -0.25) is 4.79 Å². The molecule has 0 radical (unpaired) electrons. The van der Waals surface area contributed by atoms with Gasteiger partial charge >= 0.3 is 0 Å². The minimum atomic E-state index is -3.85. The van der Waals surface area contributed by atoms with Gasteiger partial charge in [0.25, 0.3) is 10.0 Å². The van der Waals surface area contributed by atoms with Crippen LogP contribution in [0.15, 0.2) is 46.8 Å². The highest BCUT2D eigenvalue weighted by Gasteiger charge is 2.32. The van der Waals surface area contributed by atoms with Gasteiger partial charge in [-0.25, -0.2) is 17.7 Å². The second kappa shape index (κ2) is 7.75. The van der Waals surface area contributed by atoms with E-state index >= 15 is 0 Å². The minimum Gasteiger partial charge on any atom is -0.341 e. The monoisotopic (exact) mass is 393 g/mol. The van der Waals surface area contributed by atoms with Crippen LogP contribution in [0.25, 0.3) is 0 Å². The molecule has 2 unspecified atom stereocenters. The Hall–Kier alpha value is -1.93. The zero-order chi connectivity index (χ0) is 18.7. The zero-order valence-corrected chi connectivity index (χ0v) is 16.5. The van der Waals surface area contributed by atoms with E-state index < -0.39 is 10.0 Å². The second-order valence-corrected chi connectivity index (χ2v) is 9.62. The van der Waals surface area contributed by atoms with Crippen molar-refractivity contribution < 1.29 is 13.2 Å². The molecule has 1 saturated heterocycles. The third-order valence-electron chi connectivity index (χ3n) is 4.46. The number of aromatic nitrogens is 1. The number of carbonyl (C=O) groups excluding carboxylic acids is 1. The van der Waals surface area contributed by atoms with Gasteiger partial charge < -0.3 is 4.90 Å². The summed E-state index contributed by atoms with van der Waals surface area (Å²) in [5.41, 5.74) is 0. The molecular formula is C18H23N3O3S2. The average molecular weight is 394 g/mol. The summed E-state index contributed by atoms with van der Waals surface area (Å²) < 4.78 is 27.3. The second-order valence-electron chi connectivity index (χ2n) is 6.88. The molecule has 2 heterocycles. The predicted molar refractivity (Wildman–Crippen MR) is 103 cm³/mol. The third-order valence-corrected chi connectivity index (χ3v) is 7.12. The number of carbonyl (C=O) groups is 1. The van der Waals surface area contributed by atoms with Gasteiger partial charge in [-0.15, -0.1) is 11.3 Å². The topological polar surface area (TPSA) is 70.6 Å². The Morgan fingerprint density at radius 1 is 1.23 bits per heavy atom. The van der Waals surface area contributed by atoms with E-state index in [0.717, 1.165) is 10.7 Å². The Morgan fingerprint density at radius 2 is 1.88 bits per heavy atom. The lowest BCUT2D eigenvalue weighted by molar-refractivity contribution is -0.132. The first-order valence-corrected chi connectivity index (χ1v) is 10.9. The minimum absolute atomic E-state index is 0.156. The molecule has 140 valence electrons. The van der Waals surface area contributed by atoms with Crippen LogP contribution in [0.5, 0.6) is 0 Å². The van der Waals surface area contributed by atoms with Crippen LogP contribution >= 0.6 is 11.3 Å². The molecular weight excluding hydrogens is 370 g/mol. The van der Waals surface area contributed by atoms with Gasteiger partial charge in [0.05, 0.1) is 4.90 Å². The summed E-state index contributed by atoms with van der Waals surface area (Å²) in [5.74, 6) is 0.654. The third kappa shape index (κ3) is 4.07. The van der Waals surface area contributed by atoms with Crippen molar-refractivity contribution in [3.63, 3.8) is 0 Å². The standard InChI is InChI=1S/C18H23N3O3S2/c1-14-10-15(2)12-20(11-14)17(22)13-21(18-19-8-9-25-18)26(23,24)16-6-4-3-5-7-16/h3-9,14-15H,10-13H2,1-2H3. The van der Waals surface area contributed by atoms with Crippen molar-refractivity contribution in [3.8, 4) is 0 Å². The van der Waals surface area contributed by atoms with Gasteiger partial charge in [0, 0.05) is 24.7 Å². The van der Waals surface area contributed by atoms with Crippen molar-refractivity contribution >= 4 is 32.4 Å². The SMILES string of the molecule is CC1CC(C)CN(C(=O)CN(c2nccs2)S(=O)(=O)c2ccccc2)C1. The van der Waals surface area contributed by atoms with Crippen LogP contribution in [-0.4, -0.2) is 43.8 Å². The summed E-state index contributed by atoms with van der Waals surface area (Å²) in [4.78, 5) is 18.9. The van der Waals surface area contributed by atoms with Crippen LogP contribution in [0.2, 0.25) is 0 Å². The molecule has 3 rings (SSSR count). The van der Waals surface area contributed by atoms with Gasteiger partial charge in [0.15, 0.2) is 5.13 Å². The molecule has 26 heavy (non-hydrogen) atoms. The summed E-state index contributed by atoms with van der Waals surface area (Å²) in [7, 11) is -3.85. The number of thiazole rings is 1. The Labute approximate surface area is 158 Å². The lowest BCUT2D eigenvalue weighted by Gasteiger charge is -2.36. The van der Waals surface area contributed by atoms with E-state index in [1.807, 2.05) is 0 Å². The first-order valence-electron chi connectivity index (χ1n) is 8.63. The fourth-order valence-corrected chi connectivity index (χ4v) is 5.66. The number of rotatable bonds is 5. The Balaban J connectivity index is 1.87. The molecule has 0 spiro atoms. The van der Waals surface area contributed by atoms with Crippen LogP contribution in [0.3, 0.4) is 0 Å². The summed E-state index contributed by atoms with van der Waals surface area (Å²) in [6.45, 7) is 5.34. The lowest BCUT2D eigenvalue weighted by atomic mass is 9.92. The van der Waals surface area contributed by atoms with E-state index in [2.05, 4.69) is 18.8 Å². The van der Waals surface area contributed by atoms with E-state index in [1.54, 1.807) is 34.7 Å². The van der Waals surface area contributed by atoms with Crippen molar-refractivity contribution in [3.05, 3.63) is 41.9 Å². The summed E-state index contributed by atoms with van der Waals surface area (Å²) >= 11 is 1.21. The number of nitrogens with zero attached hydrogens (tertiary/aromatic N) is 3. The maximum atomic E-state index is 13.1. The Kier molecular flexibility index (Phi) is 5.62. The maximum Gasteiger partial charge on any atom is 0.266 e. The number of likely N-dealkylation sites (tertiary alicyclic amines) is 1. The molecule has 0 bridgehead atoms. The van der Waals surface area contributed by atoms with Crippen molar-refractivity contribution in [2.75, 3.05) is 23.9 Å². The number of piperidine rings is 1. The highest BCUT2D eigenvalue weighted by molar-refractivity contribution is 7.93. The van der Waals surface area contributed by atoms with E-state index in [4.69, 9.17) is 0 Å². The van der Waals surface area contributed by atoms with E-state index in [1.165, 1.54) is 23.5 Å². The number of hydrogen-bond acceptors (Lipinski definition) is 5. The summed E-state index contributed by atoms with van der Waals surface area (Å²) in [6, 6.07) is 8.16. The quantitative estimate of drug-likeness (QED) is 0.783. The van der Waals surface area contributed by atoms with Crippen molar-refractivity contribution in [2.24, 2.45) is 11.8 Å². The molecule has 1 aromatic carbocycles. The van der Waals surface area contributed by atoms with Gasteiger partial charge in [-0.2, -0.15) is 0 Å². The molecule has 1 amide bonds. The van der Waals surface area contributed by atoms with Crippen molar-refractivity contribution in [1.29, 1.82) is 0 Å². The molecule has 1 aliphatic rings. The van der Waals surface area contributed by atoms with Crippen LogP contribution in [-0.2, 0) is 14.8 Å². The fourth-order valence-electron chi connectivity index (χ4n) is 3.40. The fraction of sp³-hybridized carbons (Fsp3) is 0.444. The molecule has 2 atom stereocenters. The number of sulfonamides is 1. The largest absolute Gasteiger partial charge is 0.341 e. The number of amides is 1. The number of anilines is 1. The van der Waals surface area contributed by atoms with Crippen LogP contribution in [0, 0.1) is 11.8 Å². The first kappa shape index (κ1) is 18.8. The molecule has 1 aliphatic heterocycles. The van der Waals surface area contributed by atoms with Crippen LogP contribution in [0.1, 0.15) is 20.3 Å². The Morgan fingerprint density at radius 3 is 2.46 bits per heavy atom. The van der Waals surface area contributed by atoms with Gasteiger partial charge in [-0.1, -0.05) is 32.0 Å². The molecule has 1 aromatic heterocycles. The number of benzene rings is 1. The molecule has 0 aliphatic carbocycles. The van der Waals surface area contributed by atoms with Crippen LogP contribution < -0.4 is 4.31 Å². The number of hydrogen-bond donors (Lipinski definition) is 0. The van der Waals surface area contributed by atoms with Gasteiger partial charge in [0.1, 0.15) is 6.54 Å². The maximum absolute atomic E-state index is 13.1. The van der Waals surface area contributed by atoms with Crippen LogP contribution in [0.4, 0.5) is 5.13 Å². The van der Waals surface area contributed by atoms with Gasteiger partial charge in [-0.05, 0) is 30.4 Å². The first-order chi connectivity index (χ1) is 12.4.